The Morgan fingerprint density at radius 3 is 2.57 bits per heavy atom. The van der Waals surface area contributed by atoms with E-state index in [1.165, 1.54) is 12.8 Å². The second-order valence-electron chi connectivity index (χ2n) is 6.27. The maximum Gasteiger partial charge on any atom is 0.347 e. The third-order valence-electron chi connectivity index (χ3n) is 4.59. The van der Waals surface area contributed by atoms with E-state index < -0.39 is 5.97 Å². The normalized spacial score (nSPS) is 16.0. The summed E-state index contributed by atoms with van der Waals surface area (Å²) in [4.78, 5) is 27.1. The summed E-state index contributed by atoms with van der Waals surface area (Å²) in [5.74, 6) is -0.823. The fourth-order valence-electron chi connectivity index (χ4n) is 3.15. The number of hydrogen-bond donors (Lipinski definition) is 1. The average molecular weight is 292 g/mol. The number of carboxylic acid groups (broad SMARTS) is 1. The van der Waals surface area contributed by atoms with E-state index in [9.17, 15) is 9.59 Å². The largest absolute Gasteiger partial charge is 0.481 e. The Kier molecular flexibility index (Phi) is 4.49. The smallest absolute Gasteiger partial charge is 0.347 e. The number of carboxylic acids is 1. The lowest BCUT2D eigenvalue weighted by Crippen LogP contribution is -2.31. The molecular formula is C16H24N2O3. The molecule has 1 fully saturated rings. The number of hydrogen-bond acceptors (Lipinski definition) is 3. The molecule has 0 atom stereocenters. The average Bonchev–Trinajstić information content (AvgIpc) is 3.14. The molecule has 1 aromatic heterocycles. The molecule has 5 heteroatoms. The van der Waals surface area contributed by atoms with Crippen molar-refractivity contribution >= 4 is 5.97 Å². The molecule has 0 aromatic carbocycles. The van der Waals surface area contributed by atoms with Gasteiger partial charge in [0.05, 0.1) is 0 Å². The number of carbonyl (C=O) groups is 1. The maximum absolute atomic E-state index is 12.2. The van der Waals surface area contributed by atoms with Crippen LogP contribution in [0.2, 0.25) is 0 Å². The van der Waals surface area contributed by atoms with Crippen LogP contribution in [-0.4, -0.2) is 20.6 Å². The zero-order chi connectivity index (χ0) is 15.6. The summed E-state index contributed by atoms with van der Waals surface area (Å²) >= 11 is 0. The first kappa shape index (κ1) is 15.7. The molecule has 0 amide bonds. The molecule has 0 spiro atoms. The van der Waals surface area contributed by atoms with Gasteiger partial charge in [-0.05, 0) is 50.5 Å². The lowest BCUT2D eigenvalue weighted by molar-refractivity contribution is -0.136. The molecule has 5 nitrogen and oxygen atoms in total. The summed E-state index contributed by atoms with van der Waals surface area (Å²) in [7, 11) is 0. The minimum Gasteiger partial charge on any atom is -0.481 e. The Balaban J connectivity index is 2.30. The van der Waals surface area contributed by atoms with Gasteiger partial charge in [-0.3, -0.25) is 9.36 Å². The summed E-state index contributed by atoms with van der Waals surface area (Å²) < 4.78 is 1.76. The van der Waals surface area contributed by atoms with Gasteiger partial charge in [0.2, 0.25) is 0 Å². The fraction of sp³-hybridized carbons (Fsp3) is 0.688. The molecule has 0 saturated heterocycles. The van der Waals surface area contributed by atoms with E-state index in [4.69, 9.17) is 5.11 Å². The van der Waals surface area contributed by atoms with Gasteiger partial charge in [-0.2, -0.15) is 4.98 Å². The van der Waals surface area contributed by atoms with E-state index in [0.717, 1.165) is 30.6 Å². The monoisotopic (exact) mass is 292 g/mol. The number of aromatic nitrogens is 2. The molecule has 21 heavy (non-hydrogen) atoms. The highest BCUT2D eigenvalue weighted by atomic mass is 16.4. The zero-order valence-electron chi connectivity index (χ0n) is 13.1. The topological polar surface area (TPSA) is 72.2 Å². The Hall–Kier alpha value is -1.65. The highest BCUT2D eigenvalue weighted by molar-refractivity contribution is 5.67. The van der Waals surface area contributed by atoms with Crippen LogP contribution in [0, 0.1) is 19.3 Å². The van der Waals surface area contributed by atoms with E-state index in [0.29, 0.717) is 12.1 Å². The second kappa shape index (κ2) is 6.00. The molecule has 2 rings (SSSR count). The first-order valence-corrected chi connectivity index (χ1v) is 7.67. The van der Waals surface area contributed by atoms with Crippen LogP contribution in [0.3, 0.4) is 0 Å². The summed E-state index contributed by atoms with van der Waals surface area (Å²) in [6.45, 7) is 6.59. The fourth-order valence-corrected chi connectivity index (χ4v) is 3.15. The predicted octanol–water partition coefficient (Wildman–Crippen LogP) is 2.46. The van der Waals surface area contributed by atoms with Crippen molar-refractivity contribution in [1.82, 2.24) is 9.55 Å². The number of aryl methyl sites for hydroxylation is 1. The van der Waals surface area contributed by atoms with Gasteiger partial charge in [0.1, 0.15) is 0 Å². The molecule has 1 saturated carbocycles. The highest BCUT2D eigenvalue weighted by Crippen LogP contribution is 2.50. The molecule has 0 aliphatic heterocycles. The lowest BCUT2D eigenvalue weighted by Gasteiger charge is -2.20. The quantitative estimate of drug-likeness (QED) is 0.838. The van der Waals surface area contributed by atoms with Gasteiger partial charge < -0.3 is 5.11 Å². The molecule has 1 aliphatic carbocycles. The van der Waals surface area contributed by atoms with Crippen molar-refractivity contribution in [3.8, 4) is 0 Å². The van der Waals surface area contributed by atoms with Crippen LogP contribution in [0.5, 0.6) is 0 Å². The standard InChI is InChI=1S/C16H24N2O3/c1-4-7-16(8-9-16)10-18-12(3)13(5-6-14(19)20)11(2)17-15(18)21/h4-10H2,1-3H3,(H,19,20). The molecule has 0 radical (unpaired) electrons. The zero-order valence-corrected chi connectivity index (χ0v) is 13.1. The Labute approximate surface area is 125 Å². The lowest BCUT2D eigenvalue weighted by atomic mass is 9.99. The number of rotatable bonds is 7. The van der Waals surface area contributed by atoms with Gasteiger partial charge in [-0.25, -0.2) is 4.79 Å². The SMILES string of the molecule is CCCC1(Cn2c(C)c(CCC(=O)O)c(C)nc2=O)CC1. The second-order valence-corrected chi connectivity index (χ2v) is 6.27. The number of nitrogens with zero attached hydrogens (tertiary/aromatic N) is 2. The maximum atomic E-state index is 12.2. The van der Waals surface area contributed by atoms with E-state index in [2.05, 4.69) is 11.9 Å². The molecule has 0 unspecified atom stereocenters. The molecule has 0 bridgehead atoms. The Bertz CT molecular complexity index is 600. The van der Waals surface area contributed by atoms with Crippen molar-refractivity contribution < 1.29 is 9.90 Å². The third kappa shape index (κ3) is 3.52. The van der Waals surface area contributed by atoms with E-state index in [-0.39, 0.29) is 17.5 Å². The van der Waals surface area contributed by atoms with Crippen molar-refractivity contribution in [2.24, 2.45) is 5.41 Å². The third-order valence-corrected chi connectivity index (χ3v) is 4.59. The molecule has 1 aromatic rings. The van der Waals surface area contributed by atoms with Gasteiger partial charge in [0.25, 0.3) is 0 Å². The van der Waals surface area contributed by atoms with Crippen molar-refractivity contribution in [1.29, 1.82) is 0 Å². The summed E-state index contributed by atoms with van der Waals surface area (Å²) in [6, 6.07) is 0. The highest BCUT2D eigenvalue weighted by Gasteiger charge is 2.42. The van der Waals surface area contributed by atoms with Gasteiger partial charge in [0.15, 0.2) is 0 Å². The van der Waals surface area contributed by atoms with E-state index in [1.54, 1.807) is 11.5 Å². The van der Waals surface area contributed by atoms with Crippen LogP contribution in [0.15, 0.2) is 4.79 Å². The summed E-state index contributed by atoms with van der Waals surface area (Å²) in [6.07, 6.45) is 5.11. The predicted molar refractivity (Wildman–Crippen MR) is 80.5 cm³/mol. The van der Waals surface area contributed by atoms with Crippen LogP contribution in [0.1, 0.15) is 56.0 Å². The van der Waals surface area contributed by atoms with Crippen molar-refractivity contribution in [3.05, 3.63) is 27.4 Å². The minimum absolute atomic E-state index is 0.0711. The first-order chi connectivity index (χ1) is 9.88. The van der Waals surface area contributed by atoms with Gasteiger partial charge in [0, 0.05) is 24.4 Å². The van der Waals surface area contributed by atoms with Crippen molar-refractivity contribution in [2.75, 3.05) is 0 Å². The Morgan fingerprint density at radius 2 is 2.05 bits per heavy atom. The van der Waals surface area contributed by atoms with Gasteiger partial charge in [-0.15, -0.1) is 0 Å². The van der Waals surface area contributed by atoms with Crippen molar-refractivity contribution in [2.45, 2.75) is 65.8 Å². The van der Waals surface area contributed by atoms with E-state index >= 15 is 0 Å². The van der Waals surface area contributed by atoms with Crippen LogP contribution in [0.25, 0.3) is 0 Å². The van der Waals surface area contributed by atoms with Crippen LogP contribution in [0.4, 0.5) is 0 Å². The van der Waals surface area contributed by atoms with Crippen molar-refractivity contribution in [3.63, 3.8) is 0 Å². The van der Waals surface area contributed by atoms with E-state index in [1.807, 2.05) is 6.92 Å². The number of aliphatic carboxylic acids is 1. The molecule has 1 aliphatic rings. The molecular weight excluding hydrogens is 268 g/mol. The molecule has 1 N–H and O–H groups in total. The van der Waals surface area contributed by atoms with Crippen LogP contribution < -0.4 is 5.69 Å². The van der Waals surface area contributed by atoms with Crippen LogP contribution in [-0.2, 0) is 17.8 Å². The molecule has 1 heterocycles. The van der Waals surface area contributed by atoms with Crippen LogP contribution >= 0.6 is 0 Å². The molecule has 116 valence electrons. The minimum atomic E-state index is -0.823. The van der Waals surface area contributed by atoms with Gasteiger partial charge >= 0.3 is 11.7 Å². The summed E-state index contributed by atoms with van der Waals surface area (Å²) in [5, 5.41) is 8.86. The Morgan fingerprint density at radius 1 is 1.38 bits per heavy atom. The van der Waals surface area contributed by atoms with Gasteiger partial charge in [-0.1, -0.05) is 13.3 Å². The first-order valence-electron chi connectivity index (χ1n) is 7.67. The summed E-state index contributed by atoms with van der Waals surface area (Å²) in [5.41, 5.74) is 2.52.